The van der Waals surface area contributed by atoms with Gasteiger partial charge in [-0.2, -0.15) is 0 Å². The van der Waals surface area contributed by atoms with Crippen LogP contribution in [0.2, 0.25) is 5.15 Å². The molecule has 2 aromatic rings. The van der Waals surface area contributed by atoms with E-state index in [4.69, 9.17) is 21.4 Å². The number of aromatic amines is 1. The second-order valence-electron chi connectivity index (χ2n) is 6.12. The number of anilines is 1. The minimum Gasteiger partial charge on any atom is -0.476 e. The number of nitrogens with zero attached hydrogens (tertiary/aromatic N) is 3. The number of carbonyl (C=O) groups is 2. The molecule has 0 aliphatic carbocycles. The summed E-state index contributed by atoms with van der Waals surface area (Å²) < 4.78 is 5.54. The van der Waals surface area contributed by atoms with Crippen LogP contribution in [0.5, 0.6) is 0 Å². The van der Waals surface area contributed by atoms with Crippen molar-refractivity contribution in [3.8, 4) is 0 Å². The Labute approximate surface area is 164 Å². The molecular formula is C16H20ClN5O4S. The van der Waals surface area contributed by atoms with Crippen LogP contribution in [0.4, 0.5) is 5.13 Å². The van der Waals surface area contributed by atoms with Gasteiger partial charge in [0, 0.05) is 25.6 Å². The van der Waals surface area contributed by atoms with Crippen molar-refractivity contribution in [3.05, 3.63) is 27.7 Å². The lowest BCUT2D eigenvalue weighted by molar-refractivity contribution is 0.0538. The Kier molecular flexibility index (Phi) is 5.98. The predicted molar refractivity (Wildman–Crippen MR) is 101 cm³/mol. The normalized spacial score (nSPS) is 19.9. The van der Waals surface area contributed by atoms with Gasteiger partial charge in [0.05, 0.1) is 17.8 Å². The van der Waals surface area contributed by atoms with E-state index in [0.717, 1.165) is 5.69 Å². The number of methoxy groups -OCH3 is 1. The maximum Gasteiger partial charge on any atom is 0.355 e. The molecule has 0 aromatic carbocycles. The summed E-state index contributed by atoms with van der Waals surface area (Å²) in [5, 5.41) is 14.4. The number of hydrogen-bond donors (Lipinski definition) is 3. The van der Waals surface area contributed by atoms with Gasteiger partial charge in [0.25, 0.3) is 5.91 Å². The second kappa shape index (κ2) is 8.24. The third kappa shape index (κ3) is 4.23. The fraction of sp³-hybridized carbons (Fsp3) is 0.500. The van der Waals surface area contributed by atoms with Crippen molar-refractivity contribution in [2.75, 3.05) is 25.1 Å². The summed E-state index contributed by atoms with van der Waals surface area (Å²) in [4.78, 5) is 36.6. The Morgan fingerprint density at radius 2 is 2.30 bits per heavy atom. The minimum absolute atomic E-state index is 0.0285. The third-order valence-electron chi connectivity index (χ3n) is 4.46. The average Bonchev–Trinajstić information content (AvgIpc) is 3.29. The molecule has 11 heteroatoms. The molecule has 1 aliphatic rings. The van der Waals surface area contributed by atoms with E-state index in [2.05, 4.69) is 20.3 Å². The topological polar surface area (TPSA) is 120 Å². The minimum atomic E-state index is -1.05. The molecule has 3 N–H and O–H groups in total. The van der Waals surface area contributed by atoms with Crippen molar-refractivity contribution < 1.29 is 19.4 Å². The van der Waals surface area contributed by atoms with Crippen molar-refractivity contribution in [2.45, 2.75) is 31.9 Å². The molecular weight excluding hydrogens is 394 g/mol. The van der Waals surface area contributed by atoms with Crippen LogP contribution >= 0.6 is 22.9 Å². The number of carboxylic acid groups (broad SMARTS) is 1. The zero-order valence-electron chi connectivity index (χ0n) is 14.9. The van der Waals surface area contributed by atoms with Gasteiger partial charge in [0.2, 0.25) is 0 Å². The Balaban J connectivity index is 1.65. The predicted octanol–water partition coefficient (Wildman–Crippen LogP) is 1.80. The molecule has 0 unspecified atom stereocenters. The Hall–Kier alpha value is -2.17. The molecule has 3 heterocycles. The fourth-order valence-corrected chi connectivity index (χ4v) is 4.07. The second-order valence-corrected chi connectivity index (χ2v) is 7.31. The molecule has 3 rings (SSSR count). The summed E-state index contributed by atoms with van der Waals surface area (Å²) in [5.41, 5.74) is 0.749. The van der Waals surface area contributed by atoms with Crippen molar-refractivity contribution in [1.29, 1.82) is 0 Å². The number of carboxylic acids is 1. The largest absolute Gasteiger partial charge is 0.476 e. The highest BCUT2D eigenvalue weighted by Gasteiger charge is 2.32. The molecule has 1 amide bonds. The summed E-state index contributed by atoms with van der Waals surface area (Å²) in [6.07, 6.45) is 1.02. The van der Waals surface area contributed by atoms with Crippen LogP contribution in [0.3, 0.4) is 0 Å². The summed E-state index contributed by atoms with van der Waals surface area (Å²) in [5.74, 6) is -1.20. The zero-order valence-corrected chi connectivity index (χ0v) is 16.4. The number of nitrogens with one attached hydrogen (secondary N) is 2. The molecule has 1 aliphatic heterocycles. The molecule has 27 heavy (non-hydrogen) atoms. The van der Waals surface area contributed by atoms with Crippen LogP contribution in [-0.4, -0.2) is 64.3 Å². The van der Waals surface area contributed by atoms with Crippen molar-refractivity contribution in [3.63, 3.8) is 0 Å². The van der Waals surface area contributed by atoms with Gasteiger partial charge in [-0.3, -0.25) is 4.79 Å². The number of aromatic carboxylic acids is 1. The van der Waals surface area contributed by atoms with Crippen LogP contribution in [0.1, 0.15) is 40.1 Å². The van der Waals surface area contributed by atoms with Crippen molar-refractivity contribution in [1.82, 2.24) is 20.3 Å². The number of rotatable bonds is 6. The van der Waals surface area contributed by atoms with E-state index >= 15 is 0 Å². The number of halogens is 1. The van der Waals surface area contributed by atoms with E-state index in [9.17, 15) is 9.59 Å². The van der Waals surface area contributed by atoms with Crippen LogP contribution < -0.4 is 10.2 Å². The number of hydrogen-bond acceptors (Lipinski definition) is 7. The Morgan fingerprint density at radius 1 is 1.52 bits per heavy atom. The van der Waals surface area contributed by atoms with E-state index < -0.39 is 5.97 Å². The quantitative estimate of drug-likeness (QED) is 0.660. The Morgan fingerprint density at radius 3 is 2.89 bits per heavy atom. The number of H-pyrrole nitrogens is 1. The lowest BCUT2D eigenvalue weighted by Gasteiger charge is -2.37. The van der Waals surface area contributed by atoms with Gasteiger partial charge in [-0.25, -0.2) is 14.8 Å². The molecule has 146 valence electrons. The SMILES string of the molecule is CCc1[nH]c(C(=O)N[C@H]2CCN(c3nc(C(=O)O)cs3)C[C@H]2OC)nc1Cl. The van der Waals surface area contributed by atoms with Gasteiger partial charge in [0.15, 0.2) is 21.8 Å². The number of piperidine rings is 1. The third-order valence-corrected chi connectivity index (χ3v) is 5.67. The maximum atomic E-state index is 12.5. The number of carbonyl (C=O) groups excluding carboxylic acids is 1. The van der Waals surface area contributed by atoms with Gasteiger partial charge in [0.1, 0.15) is 0 Å². The van der Waals surface area contributed by atoms with Crippen molar-refractivity contribution in [2.24, 2.45) is 0 Å². The van der Waals surface area contributed by atoms with Crippen LogP contribution in [-0.2, 0) is 11.2 Å². The first-order chi connectivity index (χ1) is 12.9. The lowest BCUT2D eigenvalue weighted by Crippen LogP contribution is -2.55. The number of amides is 1. The number of ether oxygens (including phenoxy) is 1. The summed E-state index contributed by atoms with van der Waals surface area (Å²) in [6.45, 7) is 3.04. The fourth-order valence-electron chi connectivity index (χ4n) is 2.97. The van der Waals surface area contributed by atoms with Crippen LogP contribution in [0, 0.1) is 0 Å². The number of aromatic nitrogens is 3. The number of thiazole rings is 1. The molecule has 2 aromatic heterocycles. The van der Waals surface area contributed by atoms with Gasteiger partial charge in [-0.05, 0) is 12.8 Å². The first-order valence-electron chi connectivity index (χ1n) is 8.44. The number of imidazole rings is 1. The first-order valence-corrected chi connectivity index (χ1v) is 9.70. The van der Waals surface area contributed by atoms with E-state index in [1.807, 2.05) is 11.8 Å². The smallest absolute Gasteiger partial charge is 0.355 e. The molecule has 9 nitrogen and oxygen atoms in total. The standard InChI is InChI=1S/C16H20ClN5O4S/c1-3-8-12(17)21-13(18-8)14(23)19-9-4-5-22(6-11(9)26-2)16-20-10(7-27-16)15(24)25/h7,9,11H,3-6H2,1-2H3,(H,18,21)(H,19,23)(H,24,25)/t9-,11+/m0/s1. The molecule has 0 saturated carbocycles. The molecule has 0 radical (unpaired) electrons. The zero-order chi connectivity index (χ0) is 19.6. The highest BCUT2D eigenvalue weighted by molar-refractivity contribution is 7.13. The highest BCUT2D eigenvalue weighted by Crippen LogP contribution is 2.25. The van der Waals surface area contributed by atoms with Gasteiger partial charge in [-0.1, -0.05) is 18.5 Å². The molecule has 2 atom stereocenters. The highest BCUT2D eigenvalue weighted by atomic mass is 35.5. The van der Waals surface area contributed by atoms with E-state index in [-0.39, 0.29) is 29.6 Å². The van der Waals surface area contributed by atoms with Crippen LogP contribution in [0.25, 0.3) is 0 Å². The van der Waals surface area contributed by atoms with Gasteiger partial charge in [-0.15, -0.1) is 11.3 Å². The molecule has 1 saturated heterocycles. The van der Waals surface area contributed by atoms with E-state index in [0.29, 0.717) is 36.2 Å². The number of aryl methyl sites for hydroxylation is 1. The molecule has 0 bridgehead atoms. The van der Waals surface area contributed by atoms with E-state index in [1.54, 1.807) is 7.11 Å². The monoisotopic (exact) mass is 413 g/mol. The average molecular weight is 414 g/mol. The Bertz CT molecular complexity index is 839. The van der Waals surface area contributed by atoms with Gasteiger partial charge < -0.3 is 25.0 Å². The summed E-state index contributed by atoms with van der Waals surface area (Å²) in [6, 6.07) is -0.202. The maximum absolute atomic E-state index is 12.5. The van der Waals surface area contributed by atoms with Crippen LogP contribution in [0.15, 0.2) is 5.38 Å². The van der Waals surface area contributed by atoms with E-state index in [1.165, 1.54) is 16.7 Å². The first kappa shape index (κ1) is 19.6. The lowest BCUT2D eigenvalue weighted by atomic mass is 10.0. The summed E-state index contributed by atoms with van der Waals surface area (Å²) in [7, 11) is 1.58. The molecule has 0 spiro atoms. The van der Waals surface area contributed by atoms with Crippen molar-refractivity contribution >= 4 is 39.9 Å². The summed E-state index contributed by atoms with van der Waals surface area (Å²) >= 11 is 7.27. The molecule has 1 fully saturated rings. The van der Waals surface area contributed by atoms with Gasteiger partial charge >= 0.3 is 5.97 Å².